The second kappa shape index (κ2) is 13.3. The average Bonchev–Trinajstić information content (AvgIpc) is 2.64. The molecule has 14 heteroatoms. The average molecular weight is 436 g/mol. The van der Waals surface area contributed by atoms with Gasteiger partial charge < -0.3 is 37.0 Å². The number of carboxylic acid groups (broad SMARTS) is 3. The zero-order chi connectivity index (χ0) is 22.6. The largest absolute Gasteiger partial charge is 0.481 e. The van der Waals surface area contributed by atoms with Crippen LogP contribution >= 0.6 is 12.6 Å². The fourth-order valence-electron chi connectivity index (χ4n) is 1.95. The molecule has 8 N–H and O–H groups in total. The standard InChI is InChI=1S/C15H24N4O9S/c16-7(1-3-11(21)22)13(25)19-8(2-4-12(23)24)14(26)17-5-10(20)18-9(6-29)15(27)28/h7-9,29H,1-6,16H2,(H,17,26)(H,18,20)(H,19,25)(H,21,22)(H,23,24)(H,27,28). The van der Waals surface area contributed by atoms with Crippen LogP contribution < -0.4 is 21.7 Å². The summed E-state index contributed by atoms with van der Waals surface area (Å²) in [6.45, 7) is -0.624. The van der Waals surface area contributed by atoms with Crippen molar-refractivity contribution in [2.75, 3.05) is 12.3 Å². The number of rotatable bonds is 14. The normalized spacial score (nSPS) is 13.4. The predicted octanol–water partition coefficient (Wildman–Crippen LogP) is -2.86. The first-order chi connectivity index (χ1) is 13.5. The van der Waals surface area contributed by atoms with Gasteiger partial charge >= 0.3 is 17.9 Å². The molecule has 0 aliphatic carbocycles. The first kappa shape index (κ1) is 26.1. The summed E-state index contributed by atoms with van der Waals surface area (Å²) in [6.07, 6.45) is -1.36. The predicted molar refractivity (Wildman–Crippen MR) is 100 cm³/mol. The minimum absolute atomic E-state index is 0.180. The van der Waals surface area contributed by atoms with Crippen molar-refractivity contribution in [1.29, 1.82) is 0 Å². The number of carbonyl (C=O) groups excluding carboxylic acids is 3. The van der Waals surface area contributed by atoms with Crippen LogP contribution in [0, 0.1) is 0 Å². The number of carbonyl (C=O) groups is 6. The molecule has 0 saturated heterocycles. The maximum atomic E-state index is 12.2. The molecule has 0 rings (SSSR count). The van der Waals surface area contributed by atoms with E-state index in [1.807, 2.05) is 0 Å². The Bertz CT molecular complexity index is 643. The smallest absolute Gasteiger partial charge is 0.327 e. The van der Waals surface area contributed by atoms with E-state index in [-0.39, 0.29) is 25.0 Å². The lowest BCUT2D eigenvalue weighted by Crippen LogP contribution is -2.53. The van der Waals surface area contributed by atoms with Crippen LogP contribution in [-0.4, -0.2) is 81.4 Å². The SMILES string of the molecule is NC(CCC(=O)O)C(=O)NC(CCC(=O)O)C(=O)NCC(=O)NC(CS)C(=O)O. The highest BCUT2D eigenvalue weighted by Crippen LogP contribution is 2.01. The zero-order valence-electron chi connectivity index (χ0n) is 15.3. The van der Waals surface area contributed by atoms with E-state index in [1.54, 1.807) is 0 Å². The molecule has 0 aliphatic heterocycles. The second-order valence-electron chi connectivity index (χ2n) is 5.89. The summed E-state index contributed by atoms with van der Waals surface area (Å²) in [4.78, 5) is 68.0. The van der Waals surface area contributed by atoms with E-state index in [9.17, 15) is 28.8 Å². The summed E-state index contributed by atoms with van der Waals surface area (Å²) >= 11 is 3.77. The first-order valence-corrected chi connectivity index (χ1v) is 9.01. The van der Waals surface area contributed by atoms with E-state index in [0.29, 0.717) is 0 Å². The lowest BCUT2D eigenvalue weighted by atomic mass is 10.1. The minimum Gasteiger partial charge on any atom is -0.481 e. The number of nitrogens with one attached hydrogen (secondary N) is 3. The van der Waals surface area contributed by atoms with Crippen molar-refractivity contribution in [3.05, 3.63) is 0 Å². The van der Waals surface area contributed by atoms with Gasteiger partial charge in [-0.1, -0.05) is 0 Å². The lowest BCUT2D eigenvalue weighted by molar-refractivity contribution is -0.141. The van der Waals surface area contributed by atoms with Gasteiger partial charge in [0.05, 0.1) is 12.6 Å². The van der Waals surface area contributed by atoms with Gasteiger partial charge in [-0.3, -0.25) is 24.0 Å². The summed E-state index contributed by atoms with van der Waals surface area (Å²) in [6, 6.07) is -3.85. The molecule has 0 radical (unpaired) electrons. The summed E-state index contributed by atoms with van der Waals surface area (Å²) < 4.78 is 0. The molecule has 3 atom stereocenters. The third kappa shape index (κ3) is 11.5. The van der Waals surface area contributed by atoms with Gasteiger partial charge in [0, 0.05) is 18.6 Å². The molecule has 0 saturated carbocycles. The molecule has 3 unspecified atom stereocenters. The summed E-state index contributed by atoms with van der Waals surface area (Å²) in [7, 11) is 0. The van der Waals surface area contributed by atoms with E-state index >= 15 is 0 Å². The summed E-state index contributed by atoms with van der Waals surface area (Å²) in [5, 5.41) is 32.7. The molecule has 0 aliphatic rings. The van der Waals surface area contributed by atoms with Crippen LogP contribution in [0.4, 0.5) is 0 Å². The number of nitrogens with two attached hydrogens (primary N) is 1. The third-order valence-corrected chi connectivity index (χ3v) is 3.89. The summed E-state index contributed by atoms with van der Waals surface area (Å²) in [5.74, 6) is -6.48. The Morgan fingerprint density at radius 3 is 1.86 bits per heavy atom. The molecule has 0 bridgehead atoms. The molecule has 164 valence electrons. The Kier molecular flexibility index (Phi) is 12.0. The Morgan fingerprint density at radius 1 is 0.828 bits per heavy atom. The fraction of sp³-hybridized carbons (Fsp3) is 0.600. The van der Waals surface area contributed by atoms with Crippen molar-refractivity contribution in [3.63, 3.8) is 0 Å². The summed E-state index contributed by atoms with van der Waals surface area (Å²) in [5.41, 5.74) is 5.54. The van der Waals surface area contributed by atoms with Gasteiger partial charge in [0.2, 0.25) is 17.7 Å². The van der Waals surface area contributed by atoms with Gasteiger partial charge in [-0.05, 0) is 12.8 Å². The Hall–Kier alpha value is -2.87. The molecular weight excluding hydrogens is 412 g/mol. The number of hydrogen-bond acceptors (Lipinski definition) is 8. The molecule has 13 nitrogen and oxygen atoms in total. The monoisotopic (exact) mass is 436 g/mol. The zero-order valence-corrected chi connectivity index (χ0v) is 16.2. The van der Waals surface area contributed by atoms with E-state index in [1.165, 1.54) is 0 Å². The van der Waals surface area contributed by atoms with Crippen LogP contribution in [0.5, 0.6) is 0 Å². The Balaban J connectivity index is 4.84. The molecule has 0 fully saturated rings. The minimum atomic E-state index is -1.34. The lowest BCUT2D eigenvalue weighted by Gasteiger charge is -2.20. The van der Waals surface area contributed by atoms with Crippen molar-refractivity contribution in [1.82, 2.24) is 16.0 Å². The molecule has 0 aromatic carbocycles. The highest BCUT2D eigenvalue weighted by Gasteiger charge is 2.25. The number of amides is 3. The Labute approximate surface area is 170 Å². The second-order valence-corrected chi connectivity index (χ2v) is 6.26. The molecule has 0 aromatic rings. The fourth-order valence-corrected chi connectivity index (χ4v) is 2.19. The molecule has 3 amide bonds. The van der Waals surface area contributed by atoms with Crippen LogP contribution in [0.2, 0.25) is 0 Å². The van der Waals surface area contributed by atoms with Gasteiger partial charge in [-0.2, -0.15) is 12.6 Å². The van der Waals surface area contributed by atoms with E-state index < -0.39 is 66.7 Å². The number of carboxylic acids is 3. The first-order valence-electron chi connectivity index (χ1n) is 8.38. The molecule has 29 heavy (non-hydrogen) atoms. The van der Waals surface area contributed by atoms with E-state index in [4.69, 9.17) is 21.1 Å². The van der Waals surface area contributed by atoms with Crippen LogP contribution in [-0.2, 0) is 28.8 Å². The molecular formula is C15H24N4O9S. The van der Waals surface area contributed by atoms with Gasteiger partial charge in [0.1, 0.15) is 12.1 Å². The van der Waals surface area contributed by atoms with Gasteiger partial charge in [0.25, 0.3) is 0 Å². The van der Waals surface area contributed by atoms with Gasteiger partial charge in [0.15, 0.2) is 0 Å². The highest BCUT2D eigenvalue weighted by atomic mass is 32.1. The molecule has 0 aromatic heterocycles. The number of hydrogen-bond donors (Lipinski definition) is 8. The third-order valence-electron chi connectivity index (χ3n) is 3.52. The van der Waals surface area contributed by atoms with Crippen molar-refractivity contribution < 1.29 is 44.1 Å². The number of thiol groups is 1. The molecule has 0 spiro atoms. The Morgan fingerprint density at radius 2 is 1.38 bits per heavy atom. The quantitative estimate of drug-likeness (QED) is 0.130. The van der Waals surface area contributed by atoms with Crippen LogP contribution in [0.1, 0.15) is 25.7 Å². The van der Waals surface area contributed by atoms with Crippen LogP contribution in [0.3, 0.4) is 0 Å². The van der Waals surface area contributed by atoms with Crippen molar-refractivity contribution in [2.24, 2.45) is 5.73 Å². The van der Waals surface area contributed by atoms with Crippen molar-refractivity contribution in [3.8, 4) is 0 Å². The van der Waals surface area contributed by atoms with Gasteiger partial charge in [-0.15, -0.1) is 0 Å². The van der Waals surface area contributed by atoms with Crippen LogP contribution in [0.15, 0.2) is 0 Å². The van der Waals surface area contributed by atoms with Crippen molar-refractivity contribution >= 4 is 48.3 Å². The van der Waals surface area contributed by atoms with Gasteiger partial charge in [-0.25, -0.2) is 4.79 Å². The molecule has 0 heterocycles. The van der Waals surface area contributed by atoms with Crippen molar-refractivity contribution in [2.45, 2.75) is 43.8 Å². The van der Waals surface area contributed by atoms with E-state index in [2.05, 4.69) is 28.6 Å². The maximum Gasteiger partial charge on any atom is 0.327 e. The van der Waals surface area contributed by atoms with Crippen LogP contribution in [0.25, 0.3) is 0 Å². The highest BCUT2D eigenvalue weighted by molar-refractivity contribution is 7.80. The maximum absolute atomic E-state index is 12.2. The van der Waals surface area contributed by atoms with E-state index in [0.717, 1.165) is 0 Å². The number of aliphatic carboxylic acids is 3. The topological polar surface area (TPSA) is 225 Å².